The molecule has 1 amide bonds. The van der Waals surface area contributed by atoms with Crippen molar-refractivity contribution in [2.24, 2.45) is 0 Å². The molecular formula is C25H22N2O5. The highest BCUT2D eigenvalue weighted by molar-refractivity contribution is 6.52. The van der Waals surface area contributed by atoms with Gasteiger partial charge in [-0.3, -0.25) is 19.5 Å². The normalized spacial score (nSPS) is 17.5. The highest BCUT2D eigenvalue weighted by Crippen LogP contribution is 2.45. The van der Waals surface area contributed by atoms with Crippen LogP contribution >= 0.6 is 0 Å². The Morgan fingerprint density at radius 3 is 2.34 bits per heavy atom. The number of para-hydroxylation sites is 2. The highest BCUT2D eigenvalue weighted by atomic mass is 16.5. The average molecular weight is 430 g/mol. The monoisotopic (exact) mass is 430 g/mol. The van der Waals surface area contributed by atoms with E-state index in [0.29, 0.717) is 28.3 Å². The minimum Gasteiger partial charge on any atom is -0.507 e. The van der Waals surface area contributed by atoms with Crippen molar-refractivity contribution in [1.82, 2.24) is 4.98 Å². The molecule has 1 fully saturated rings. The first kappa shape index (κ1) is 21.1. The fourth-order valence-corrected chi connectivity index (χ4v) is 3.92. The van der Waals surface area contributed by atoms with Gasteiger partial charge in [0, 0.05) is 12.4 Å². The Morgan fingerprint density at radius 1 is 0.969 bits per heavy atom. The van der Waals surface area contributed by atoms with Gasteiger partial charge in [0.2, 0.25) is 0 Å². The molecule has 7 heteroatoms. The lowest BCUT2D eigenvalue weighted by atomic mass is 9.95. The first-order valence-electron chi connectivity index (χ1n) is 9.97. The maximum absolute atomic E-state index is 13.3. The lowest BCUT2D eigenvalue weighted by molar-refractivity contribution is -0.132. The van der Waals surface area contributed by atoms with Gasteiger partial charge in [-0.15, -0.1) is 0 Å². The highest BCUT2D eigenvalue weighted by Gasteiger charge is 2.48. The van der Waals surface area contributed by atoms with Crippen molar-refractivity contribution in [2.75, 3.05) is 19.1 Å². The number of hydrogen-bond acceptors (Lipinski definition) is 6. The van der Waals surface area contributed by atoms with E-state index >= 15 is 0 Å². The number of anilines is 1. The smallest absolute Gasteiger partial charge is 0.300 e. The van der Waals surface area contributed by atoms with Crippen molar-refractivity contribution >= 4 is 23.1 Å². The Bertz CT molecular complexity index is 1220. The number of amides is 1. The van der Waals surface area contributed by atoms with Gasteiger partial charge in [-0.25, -0.2) is 0 Å². The Morgan fingerprint density at radius 2 is 1.66 bits per heavy atom. The second kappa shape index (κ2) is 8.55. The maximum atomic E-state index is 13.3. The summed E-state index contributed by atoms with van der Waals surface area (Å²) in [6, 6.07) is 14.7. The largest absolute Gasteiger partial charge is 0.507 e. The number of pyridine rings is 1. The topological polar surface area (TPSA) is 89.0 Å². The van der Waals surface area contributed by atoms with Crippen molar-refractivity contribution < 1.29 is 24.2 Å². The molecule has 7 nitrogen and oxygen atoms in total. The number of aromatic nitrogens is 1. The van der Waals surface area contributed by atoms with Crippen molar-refractivity contribution in [1.29, 1.82) is 0 Å². The Hall–Kier alpha value is -4.13. The zero-order chi connectivity index (χ0) is 22.8. The number of aliphatic hydroxyl groups is 1. The van der Waals surface area contributed by atoms with E-state index in [2.05, 4.69) is 4.98 Å². The van der Waals surface area contributed by atoms with Gasteiger partial charge >= 0.3 is 0 Å². The number of aliphatic hydroxyl groups excluding tert-OH is 1. The second-order valence-corrected chi connectivity index (χ2v) is 7.33. The summed E-state index contributed by atoms with van der Waals surface area (Å²) in [7, 11) is 2.98. The van der Waals surface area contributed by atoms with E-state index in [1.54, 1.807) is 60.9 Å². The molecule has 4 rings (SSSR count). The third-order valence-electron chi connectivity index (χ3n) is 5.42. The molecule has 0 bridgehead atoms. The summed E-state index contributed by atoms with van der Waals surface area (Å²) in [6.45, 7) is 1.87. The number of carbonyl (C=O) groups excluding carboxylic acids is 2. The molecule has 2 heterocycles. The Labute approximate surface area is 185 Å². The van der Waals surface area contributed by atoms with Gasteiger partial charge in [0.15, 0.2) is 0 Å². The SMILES string of the molecule is COc1ccc(C)cc1/C(O)=C1\C(=O)C(=O)N(c2ccccc2OC)C1c1ccncc1. The standard InChI is InChI=1S/C25H22N2O5/c1-15-8-9-19(31-2)17(14-15)23(28)21-22(16-10-12-26-13-11-16)27(25(30)24(21)29)18-6-4-5-7-20(18)32-3/h4-14,22,28H,1-3H3/b23-21+. The van der Waals surface area contributed by atoms with Crippen LogP contribution in [0.25, 0.3) is 5.76 Å². The van der Waals surface area contributed by atoms with Crippen LogP contribution in [0.1, 0.15) is 22.7 Å². The van der Waals surface area contributed by atoms with E-state index in [9.17, 15) is 14.7 Å². The van der Waals surface area contributed by atoms with Gasteiger partial charge in [0.05, 0.1) is 37.1 Å². The fraction of sp³-hybridized carbons (Fsp3) is 0.160. The van der Waals surface area contributed by atoms with Crippen LogP contribution < -0.4 is 14.4 Å². The van der Waals surface area contributed by atoms with Crippen LogP contribution in [0.2, 0.25) is 0 Å². The number of carbonyl (C=O) groups is 2. The number of benzene rings is 2. The van der Waals surface area contributed by atoms with Crippen LogP contribution in [0.3, 0.4) is 0 Å². The van der Waals surface area contributed by atoms with E-state index in [1.807, 2.05) is 13.0 Å². The summed E-state index contributed by atoms with van der Waals surface area (Å²) in [5, 5.41) is 11.3. The summed E-state index contributed by atoms with van der Waals surface area (Å²) in [5.74, 6) is -1.03. The number of rotatable bonds is 5. The number of nitrogens with zero attached hydrogens (tertiary/aromatic N) is 2. The molecule has 2 aromatic carbocycles. The zero-order valence-electron chi connectivity index (χ0n) is 17.9. The first-order chi connectivity index (χ1) is 15.5. The summed E-state index contributed by atoms with van der Waals surface area (Å²) < 4.78 is 10.8. The van der Waals surface area contributed by atoms with Crippen LogP contribution in [-0.4, -0.2) is 36.0 Å². The summed E-state index contributed by atoms with van der Waals surface area (Å²) in [6.07, 6.45) is 3.15. The molecule has 1 saturated heterocycles. The summed E-state index contributed by atoms with van der Waals surface area (Å²) in [5.41, 5.74) is 2.22. The minimum absolute atomic E-state index is 0.0315. The molecule has 1 unspecified atom stereocenters. The molecule has 0 saturated carbocycles. The quantitative estimate of drug-likeness (QED) is 0.373. The maximum Gasteiger partial charge on any atom is 0.300 e. The number of ketones is 1. The third-order valence-corrected chi connectivity index (χ3v) is 5.42. The molecule has 3 aromatic rings. The number of methoxy groups -OCH3 is 2. The van der Waals surface area contributed by atoms with Crippen molar-refractivity contribution in [3.63, 3.8) is 0 Å². The van der Waals surface area contributed by atoms with Gasteiger partial charge in [0.25, 0.3) is 11.7 Å². The van der Waals surface area contributed by atoms with E-state index in [-0.39, 0.29) is 11.3 Å². The average Bonchev–Trinajstić information content (AvgIpc) is 3.09. The van der Waals surface area contributed by atoms with Crippen LogP contribution in [0, 0.1) is 6.92 Å². The lowest BCUT2D eigenvalue weighted by Crippen LogP contribution is -2.29. The molecule has 0 radical (unpaired) electrons. The van der Waals surface area contributed by atoms with E-state index in [4.69, 9.17) is 9.47 Å². The molecule has 1 aliphatic heterocycles. The lowest BCUT2D eigenvalue weighted by Gasteiger charge is -2.26. The van der Waals surface area contributed by atoms with E-state index in [1.165, 1.54) is 19.1 Å². The Kier molecular flexibility index (Phi) is 5.64. The predicted molar refractivity (Wildman–Crippen MR) is 120 cm³/mol. The number of Topliss-reactive ketones (excluding diaryl/α,β-unsaturated/α-hetero) is 1. The minimum atomic E-state index is -0.875. The molecule has 0 aliphatic carbocycles. The molecule has 1 N–H and O–H groups in total. The second-order valence-electron chi connectivity index (χ2n) is 7.33. The zero-order valence-corrected chi connectivity index (χ0v) is 17.9. The molecule has 0 spiro atoms. The van der Waals surface area contributed by atoms with Crippen molar-refractivity contribution in [2.45, 2.75) is 13.0 Å². The molecule has 1 aromatic heterocycles. The Balaban J connectivity index is 2.00. The van der Waals surface area contributed by atoms with Crippen molar-refractivity contribution in [3.8, 4) is 11.5 Å². The van der Waals surface area contributed by atoms with E-state index in [0.717, 1.165) is 5.56 Å². The van der Waals surface area contributed by atoms with Gasteiger partial charge in [-0.1, -0.05) is 23.8 Å². The van der Waals surface area contributed by atoms with Gasteiger partial charge in [-0.05, 0) is 48.9 Å². The van der Waals surface area contributed by atoms with E-state index < -0.39 is 17.7 Å². The summed E-state index contributed by atoms with van der Waals surface area (Å²) in [4.78, 5) is 31.9. The van der Waals surface area contributed by atoms with Gasteiger partial charge in [0.1, 0.15) is 17.3 Å². The number of aryl methyl sites for hydroxylation is 1. The first-order valence-corrected chi connectivity index (χ1v) is 9.97. The number of ether oxygens (including phenoxy) is 2. The summed E-state index contributed by atoms with van der Waals surface area (Å²) >= 11 is 0. The molecule has 1 aliphatic rings. The third kappa shape index (κ3) is 3.47. The molecular weight excluding hydrogens is 408 g/mol. The van der Waals surface area contributed by atoms with Crippen LogP contribution in [0.4, 0.5) is 5.69 Å². The van der Waals surface area contributed by atoms with Gasteiger partial charge < -0.3 is 14.6 Å². The van der Waals surface area contributed by atoms with Crippen LogP contribution in [0.5, 0.6) is 11.5 Å². The molecule has 32 heavy (non-hydrogen) atoms. The van der Waals surface area contributed by atoms with Crippen molar-refractivity contribution in [3.05, 3.63) is 89.3 Å². The van der Waals surface area contributed by atoms with Gasteiger partial charge in [-0.2, -0.15) is 0 Å². The predicted octanol–water partition coefficient (Wildman–Crippen LogP) is 4.03. The molecule has 1 atom stereocenters. The molecule has 162 valence electrons. The number of hydrogen-bond donors (Lipinski definition) is 1. The van der Waals surface area contributed by atoms with Crippen LogP contribution in [-0.2, 0) is 9.59 Å². The van der Waals surface area contributed by atoms with Crippen LogP contribution in [0.15, 0.2) is 72.6 Å². The fourth-order valence-electron chi connectivity index (χ4n) is 3.92.